The number of nitrogens with two attached hydrogens (primary N) is 1. The van der Waals surface area contributed by atoms with Crippen molar-refractivity contribution >= 4 is 41.8 Å². The first-order valence-corrected chi connectivity index (χ1v) is 7.23. The van der Waals surface area contributed by atoms with Gasteiger partial charge in [0.15, 0.2) is 0 Å². The molecule has 0 radical (unpaired) electrons. The highest BCUT2D eigenvalue weighted by molar-refractivity contribution is 5.93. The summed E-state index contributed by atoms with van der Waals surface area (Å²) in [5, 5.41) is 2.87. The minimum Gasteiger partial charge on any atom is -0.467 e. The van der Waals surface area contributed by atoms with Gasteiger partial charge < -0.3 is 20.0 Å². The standard InChI is InChI=1S/C16H18N4O2.2ClH/c17-9-13-8-12(10-22-13)16(21)18-6-3-7-20-11-19-14-4-1-2-5-15(14)20;;/h1-2,4-5,8,10-11H,3,6-7,9,17H2,(H,18,21);2*1H. The molecule has 0 aliphatic carbocycles. The van der Waals surface area contributed by atoms with Gasteiger partial charge in [-0.2, -0.15) is 0 Å². The van der Waals surface area contributed by atoms with E-state index in [-0.39, 0.29) is 30.7 Å². The van der Waals surface area contributed by atoms with Gasteiger partial charge in [-0.1, -0.05) is 12.1 Å². The van der Waals surface area contributed by atoms with Crippen LogP contribution in [0.25, 0.3) is 11.0 Å². The molecule has 0 aliphatic heterocycles. The number of hydrogen-bond donors (Lipinski definition) is 2. The van der Waals surface area contributed by atoms with Crippen LogP contribution in [-0.2, 0) is 13.1 Å². The third kappa shape index (κ3) is 4.50. The summed E-state index contributed by atoms with van der Waals surface area (Å²) in [4.78, 5) is 16.3. The van der Waals surface area contributed by atoms with Crippen molar-refractivity contribution in [2.75, 3.05) is 6.54 Å². The number of amides is 1. The van der Waals surface area contributed by atoms with Crippen LogP contribution in [0.2, 0.25) is 0 Å². The quantitative estimate of drug-likeness (QED) is 0.653. The second-order valence-corrected chi connectivity index (χ2v) is 5.04. The lowest BCUT2D eigenvalue weighted by Gasteiger charge is -2.05. The highest BCUT2D eigenvalue weighted by Crippen LogP contribution is 2.12. The smallest absolute Gasteiger partial charge is 0.254 e. The maximum absolute atomic E-state index is 11.9. The van der Waals surface area contributed by atoms with Gasteiger partial charge in [-0.15, -0.1) is 24.8 Å². The third-order valence-electron chi connectivity index (χ3n) is 3.51. The predicted molar refractivity (Wildman–Crippen MR) is 97.8 cm³/mol. The number of rotatable bonds is 6. The molecule has 0 saturated carbocycles. The maximum Gasteiger partial charge on any atom is 0.254 e. The van der Waals surface area contributed by atoms with Crippen LogP contribution in [-0.4, -0.2) is 22.0 Å². The first kappa shape index (κ1) is 20.0. The molecule has 24 heavy (non-hydrogen) atoms. The number of aryl methyl sites for hydroxylation is 1. The number of carbonyl (C=O) groups is 1. The molecule has 3 rings (SSSR count). The number of para-hydroxylation sites is 2. The zero-order valence-electron chi connectivity index (χ0n) is 13.0. The van der Waals surface area contributed by atoms with Crippen LogP contribution in [0.15, 0.2) is 47.3 Å². The molecule has 0 spiro atoms. The van der Waals surface area contributed by atoms with Gasteiger partial charge in [-0.25, -0.2) is 4.98 Å². The van der Waals surface area contributed by atoms with Gasteiger partial charge in [0.05, 0.1) is 29.5 Å². The van der Waals surface area contributed by atoms with E-state index in [0.717, 1.165) is 24.0 Å². The molecule has 6 nitrogen and oxygen atoms in total. The van der Waals surface area contributed by atoms with E-state index in [1.807, 2.05) is 30.6 Å². The first-order valence-electron chi connectivity index (χ1n) is 7.23. The molecule has 0 aliphatic rings. The Morgan fingerprint density at radius 2 is 2.08 bits per heavy atom. The average Bonchev–Trinajstić information content (AvgIpc) is 3.18. The number of benzene rings is 1. The Balaban J connectivity index is 0.00000144. The average molecular weight is 371 g/mol. The van der Waals surface area contributed by atoms with Crippen molar-refractivity contribution in [3.63, 3.8) is 0 Å². The number of aromatic nitrogens is 2. The van der Waals surface area contributed by atoms with Gasteiger partial charge in [0, 0.05) is 13.1 Å². The predicted octanol–water partition coefficient (Wildman–Crippen LogP) is 2.75. The summed E-state index contributed by atoms with van der Waals surface area (Å²) >= 11 is 0. The van der Waals surface area contributed by atoms with Crippen molar-refractivity contribution < 1.29 is 9.21 Å². The monoisotopic (exact) mass is 370 g/mol. The molecular weight excluding hydrogens is 351 g/mol. The normalized spacial score (nSPS) is 10.0. The fourth-order valence-electron chi connectivity index (χ4n) is 2.35. The second kappa shape index (κ2) is 9.32. The number of halogens is 2. The van der Waals surface area contributed by atoms with Crippen molar-refractivity contribution in [1.29, 1.82) is 0 Å². The van der Waals surface area contributed by atoms with E-state index in [9.17, 15) is 4.79 Å². The Hall–Kier alpha value is -2.02. The minimum absolute atomic E-state index is 0. The fraction of sp³-hybridized carbons (Fsp3) is 0.250. The van der Waals surface area contributed by atoms with Crippen LogP contribution in [0, 0.1) is 0 Å². The summed E-state index contributed by atoms with van der Waals surface area (Å²) in [6.45, 7) is 1.69. The molecule has 3 N–H and O–H groups in total. The molecule has 8 heteroatoms. The van der Waals surface area contributed by atoms with Crippen LogP contribution in [0.5, 0.6) is 0 Å². The van der Waals surface area contributed by atoms with Crippen LogP contribution in [0.4, 0.5) is 0 Å². The molecule has 0 saturated heterocycles. The number of hydrogen-bond acceptors (Lipinski definition) is 4. The lowest BCUT2D eigenvalue weighted by atomic mass is 10.3. The van der Waals surface area contributed by atoms with E-state index in [1.54, 1.807) is 6.07 Å². The number of carbonyl (C=O) groups excluding carboxylic acids is 1. The van der Waals surface area contributed by atoms with Crippen molar-refractivity contribution in [3.8, 4) is 0 Å². The molecule has 0 bridgehead atoms. The number of nitrogens with zero attached hydrogens (tertiary/aromatic N) is 2. The van der Waals surface area contributed by atoms with E-state index in [0.29, 0.717) is 24.4 Å². The minimum atomic E-state index is -0.140. The van der Waals surface area contributed by atoms with E-state index >= 15 is 0 Å². The lowest BCUT2D eigenvalue weighted by Crippen LogP contribution is -2.24. The highest BCUT2D eigenvalue weighted by Gasteiger charge is 2.09. The van der Waals surface area contributed by atoms with E-state index in [2.05, 4.69) is 14.9 Å². The Kier molecular flexibility index (Phi) is 7.78. The Morgan fingerprint density at radius 3 is 2.83 bits per heavy atom. The zero-order chi connectivity index (χ0) is 15.4. The number of nitrogens with one attached hydrogen (secondary N) is 1. The summed E-state index contributed by atoms with van der Waals surface area (Å²) in [5.74, 6) is 0.467. The lowest BCUT2D eigenvalue weighted by molar-refractivity contribution is 0.0952. The molecule has 1 aromatic carbocycles. The number of imidazole rings is 1. The molecule has 1 amide bonds. The molecule has 2 aromatic heterocycles. The first-order chi connectivity index (χ1) is 10.8. The van der Waals surface area contributed by atoms with E-state index in [4.69, 9.17) is 10.2 Å². The highest BCUT2D eigenvalue weighted by atomic mass is 35.5. The Bertz CT molecular complexity index is 785. The van der Waals surface area contributed by atoms with Crippen LogP contribution in [0.1, 0.15) is 22.5 Å². The molecule has 0 unspecified atom stereocenters. The zero-order valence-corrected chi connectivity index (χ0v) is 14.6. The van der Waals surface area contributed by atoms with Crippen LogP contribution >= 0.6 is 24.8 Å². The Morgan fingerprint density at radius 1 is 1.29 bits per heavy atom. The van der Waals surface area contributed by atoms with Gasteiger partial charge >= 0.3 is 0 Å². The summed E-state index contributed by atoms with van der Waals surface area (Å²) in [6.07, 6.45) is 4.09. The summed E-state index contributed by atoms with van der Waals surface area (Å²) < 4.78 is 7.24. The molecular formula is C16H20Cl2N4O2. The Labute approximate surface area is 152 Å². The molecule has 130 valence electrons. The van der Waals surface area contributed by atoms with Gasteiger partial charge in [0.25, 0.3) is 5.91 Å². The topological polar surface area (TPSA) is 86.1 Å². The second-order valence-electron chi connectivity index (χ2n) is 5.04. The van der Waals surface area contributed by atoms with Crippen molar-refractivity contribution in [2.24, 2.45) is 5.73 Å². The number of furan rings is 1. The SMILES string of the molecule is Cl.Cl.NCc1cc(C(=O)NCCCn2cnc3ccccc32)co1. The van der Waals surface area contributed by atoms with Gasteiger partial charge in [0.1, 0.15) is 12.0 Å². The maximum atomic E-state index is 11.9. The summed E-state index contributed by atoms with van der Waals surface area (Å²) in [7, 11) is 0. The van der Waals surface area contributed by atoms with Gasteiger partial charge in [0.2, 0.25) is 0 Å². The molecule has 0 atom stereocenters. The summed E-state index contributed by atoms with van der Waals surface area (Å²) in [5.41, 5.74) is 8.05. The number of fused-ring (bicyclic) bond motifs is 1. The van der Waals surface area contributed by atoms with E-state index < -0.39 is 0 Å². The molecule has 0 fully saturated rings. The van der Waals surface area contributed by atoms with Crippen LogP contribution in [0.3, 0.4) is 0 Å². The van der Waals surface area contributed by atoms with E-state index in [1.165, 1.54) is 6.26 Å². The summed E-state index contributed by atoms with van der Waals surface area (Å²) in [6, 6.07) is 9.66. The van der Waals surface area contributed by atoms with Gasteiger partial charge in [-0.3, -0.25) is 4.79 Å². The third-order valence-corrected chi connectivity index (χ3v) is 3.51. The fourth-order valence-corrected chi connectivity index (χ4v) is 2.35. The van der Waals surface area contributed by atoms with Gasteiger partial charge in [-0.05, 0) is 24.6 Å². The van der Waals surface area contributed by atoms with Crippen molar-refractivity contribution in [2.45, 2.75) is 19.5 Å². The van der Waals surface area contributed by atoms with Crippen molar-refractivity contribution in [1.82, 2.24) is 14.9 Å². The van der Waals surface area contributed by atoms with Crippen LogP contribution < -0.4 is 11.1 Å². The largest absolute Gasteiger partial charge is 0.467 e. The molecule has 3 aromatic rings. The molecule has 2 heterocycles. The van der Waals surface area contributed by atoms with Crippen molar-refractivity contribution in [3.05, 3.63) is 54.2 Å².